The standard InChI is InChI=1S/C12H12N2O2.ClH/c13-5-8-2-1-3-9(4-8)10-6-14-7-11(10)12(15)16;/h1-4,10-11,14H,6-7H2,(H,15,16);1H/t10-,11+;/m0./s1. The molecule has 0 aromatic heterocycles. The molecule has 2 atom stereocenters. The van der Waals surface area contributed by atoms with Gasteiger partial charge in [-0.25, -0.2) is 0 Å². The highest BCUT2D eigenvalue weighted by Gasteiger charge is 2.33. The molecular formula is C12H13ClN2O2. The number of nitrogens with zero attached hydrogens (tertiary/aromatic N) is 1. The Labute approximate surface area is 106 Å². The lowest BCUT2D eigenvalue weighted by Crippen LogP contribution is -2.21. The van der Waals surface area contributed by atoms with Gasteiger partial charge in [0.15, 0.2) is 0 Å². The van der Waals surface area contributed by atoms with Crippen LogP contribution in [0.2, 0.25) is 0 Å². The number of nitriles is 1. The molecule has 1 heterocycles. The van der Waals surface area contributed by atoms with E-state index in [1.54, 1.807) is 18.2 Å². The van der Waals surface area contributed by atoms with Gasteiger partial charge in [0, 0.05) is 19.0 Å². The normalized spacial score (nSPS) is 22.5. The average Bonchev–Trinajstić information content (AvgIpc) is 2.78. The molecule has 1 aromatic rings. The zero-order valence-corrected chi connectivity index (χ0v) is 9.91. The number of halogens is 1. The molecule has 5 heteroatoms. The van der Waals surface area contributed by atoms with Crippen molar-refractivity contribution in [1.82, 2.24) is 5.32 Å². The number of carbonyl (C=O) groups is 1. The van der Waals surface area contributed by atoms with Crippen molar-refractivity contribution in [2.45, 2.75) is 5.92 Å². The maximum Gasteiger partial charge on any atom is 0.308 e. The molecule has 0 amide bonds. The number of carboxylic acid groups (broad SMARTS) is 1. The van der Waals surface area contributed by atoms with Crippen LogP contribution in [0.4, 0.5) is 0 Å². The first-order chi connectivity index (χ1) is 7.72. The molecule has 4 nitrogen and oxygen atoms in total. The van der Waals surface area contributed by atoms with Crippen molar-refractivity contribution < 1.29 is 9.90 Å². The van der Waals surface area contributed by atoms with E-state index >= 15 is 0 Å². The van der Waals surface area contributed by atoms with Crippen LogP contribution in [0.5, 0.6) is 0 Å². The maximum absolute atomic E-state index is 11.0. The van der Waals surface area contributed by atoms with E-state index in [1.807, 2.05) is 6.07 Å². The second kappa shape index (κ2) is 5.67. The fourth-order valence-electron chi connectivity index (χ4n) is 2.13. The molecule has 0 unspecified atom stereocenters. The smallest absolute Gasteiger partial charge is 0.308 e. The molecule has 0 bridgehead atoms. The molecule has 1 saturated heterocycles. The van der Waals surface area contributed by atoms with Gasteiger partial charge in [0.2, 0.25) is 0 Å². The van der Waals surface area contributed by atoms with Crippen LogP contribution in [0.1, 0.15) is 17.0 Å². The maximum atomic E-state index is 11.0. The third-order valence-corrected chi connectivity index (χ3v) is 2.98. The number of hydrogen-bond acceptors (Lipinski definition) is 3. The van der Waals surface area contributed by atoms with Crippen LogP contribution in [-0.2, 0) is 4.79 Å². The molecule has 0 radical (unpaired) electrons. The van der Waals surface area contributed by atoms with Crippen molar-refractivity contribution in [3.63, 3.8) is 0 Å². The third-order valence-electron chi connectivity index (χ3n) is 2.98. The number of aliphatic carboxylic acids is 1. The molecule has 1 aliphatic heterocycles. The average molecular weight is 253 g/mol. The Balaban J connectivity index is 0.00000144. The Kier molecular flexibility index (Phi) is 4.50. The van der Waals surface area contributed by atoms with E-state index in [0.29, 0.717) is 18.7 Å². The van der Waals surface area contributed by atoms with E-state index in [2.05, 4.69) is 11.4 Å². The monoisotopic (exact) mass is 252 g/mol. The number of carboxylic acids is 1. The van der Waals surface area contributed by atoms with Crippen molar-refractivity contribution in [1.29, 1.82) is 5.26 Å². The van der Waals surface area contributed by atoms with E-state index < -0.39 is 11.9 Å². The Morgan fingerprint density at radius 1 is 1.47 bits per heavy atom. The highest BCUT2D eigenvalue weighted by molar-refractivity contribution is 5.85. The summed E-state index contributed by atoms with van der Waals surface area (Å²) in [5.74, 6) is -1.21. The minimum Gasteiger partial charge on any atom is -0.481 e. The van der Waals surface area contributed by atoms with Gasteiger partial charge < -0.3 is 10.4 Å². The molecule has 17 heavy (non-hydrogen) atoms. The third kappa shape index (κ3) is 2.76. The van der Waals surface area contributed by atoms with Crippen LogP contribution in [-0.4, -0.2) is 24.2 Å². The Morgan fingerprint density at radius 2 is 2.24 bits per heavy atom. The summed E-state index contributed by atoms with van der Waals surface area (Å²) in [4.78, 5) is 11.0. The van der Waals surface area contributed by atoms with Crippen molar-refractivity contribution in [2.75, 3.05) is 13.1 Å². The zero-order chi connectivity index (χ0) is 11.5. The quantitative estimate of drug-likeness (QED) is 0.834. The van der Waals surface area contributed by atoms with Gasteiger partial charge in [0.1, 0.15) is 0 Å². The van der Waals surface area contributed by atoms with Crippen LogP contribution >= 0.6 is 12.4 Å². The van der Waals surface area contributed by atoms with Crippen LogP contribution in [0.25, 0.3) is 0 Å². The van der Waals surface area contributed by atoms with E-state index in [0.717, 1.165) is 5.56 Å². The molecular weight excluding hydrogens is 240 g/mol. The van der Waals surface area contributed by atoms with E-state index in [9.17, 15) is 4.79 Å². The summed E-state index contributed by atoms with van der Waals surface area (Å²) in [6.45, 7) is 1.16. The molecule has 0 aliphatic carbocycles. The lowest BCUT2D eigenvalue weighted by Gasteiger charge is -2.14. The molecule has 1 aliphatic rings. The Hall–Kier alpha value is -1.57. The minimum absolute atomic E-state index is 0. The number of benzene rings is 1. The second-order valence-electron chi connectivity index (χ2n) is 3.95. The van der Waals surface area contributed by atoms with Crippen LogP contribution in [0.15, 0.2) is 24.3 Å². The van der Waals surface area contributed by atoms with Gasteiger partial charge in [-0.15, -0.1) is 12.4 Å². The van der Waals surface area contributed by atoms with E-state index in [-0.39, 0.29) is 18.3 Å². The summed E-state index contributed by atoms with van der Waals surface area (Å²) in [5, 5.41) is 20.9. The summed E-state index contributed by atoms with van der Waals surface area (Å²) in [5.41, 5.74) is 1.50. The lowest BCUT2D eigenvalue weighted by atomic mass is 9.88. The van der Waals surface area contributed by atoms with Gasteiger partial charge in [-0.1, -0.05) is 12.1 Å². The van der Waals surface area contributed by atoms with Crippen molar-refractivity contribution in [2.24, 2.45) is 5.92 Å². The van der Waals surface area contributed by atoms with Crippen molar-refractivity contribution in [3.8, 4) is 6.07 Å². The van der Waals surface area contributed by atoms with Gasteiger partial charge in [-0.05, 0) is 17.7 Å². The molecule has 90 valence electrons. The van der Waals surface area contributed by atoms with E-state index in [4.69, 9.17) is 10.4 Å². The fraction of sp³-hybridized carbons (Fsp3) is 0.333. The Bertz CT molecular complexity index is 456. The lowest BCUT2D eigenvalue weighted by molar-refractivity contribution is -0.141. The minimum atomic E-state index is -0.780. The van der Waals surface area contributed by atoms with Gasteiger partial charge in [-0.2, -0.15) is 5.26 Å². The first kappa shape index (κ1) is 13.5. The summed E-state index contributed by atoms with van der Waals surface area (Å²) in [6, 6.07) is 9.24. The summed E-state index contributed by atoms with van der Waals surface area (Å²) in [7, 11) is 0. The molecule has 1 aromatic carbocycles. The second-order valence-corrected chi connectivity index (χ2v) is 3.95. The summed E-state index contributed by atoms with van der Waals surface area (Å²) in [6.07, 6.45) is 0. The summed E-state index contributed by atoms with van der Waals surface area (Å²) >= 11 is 0. The number of hydrogen-bond donors (Lipinski definition) is 2. The summed E-state index contributed by atoms with van der Waals surface area (Å²) < 4.78 is 0. The Morgan fingerprint density at radius 3 is 2.88 bits per heavy atom. The van der Waals surface area contributed by atoms with E-state index in [1.165, 1.54) is 0 Å². The van der Waals surface area contributed by atoms with Gasteiger partial charge >= 0.3 is 5.97 Å². The SMILES string of the molecule is Cl.N#Cc1cccc([C@@H]2CNC[C@H]2C(=O)O)c1. The predicted molar refractivity (Wildman–Crippen MR) is 65.1 cm³/mol. The first-order valence-corrected chi connectivity index (χ1v) is 5.16. The van der Waals surface area contributed by atoms with Crippen molar-refractivity contribution >= 4 is 18.4 Å². The highest BCUT2D eigenvalue weighted by Crippen LogP contribution is 2.28. The molecule has 1 fully saturated rings. The number of rotatable bonds is 2. The highest BCUT2D eigenvalue weighted by atomic mass is 35.5. The largest absolute Gasteiger partial charge is 0.481 e. The van der Waals surface area contributed by atoms with Crippen LogP contribution in [0.3, 0.4) is 0 Å². The van der Waals surface area contributed by atoms with Gasteiger partial charge in [-0.3, -0.25) is 4.79 Å². The molecule has 0 saturated carbocycles. The number of nitrogens with one attached hydrogen (secondary N) is 1. The van der Waals surface area contributed by atoms with Crippen molar-refractivity contribution in [3.05, 3.63) is 35.4 Å². The predicted octanol–water partition coefficient (Wildman–Crippen LogP) is 1.37. The topological polar surface area (TPSA) is 73.1 Å². The fourth-order valence-corrected chi connectivity index (χ4v) is 2.13. The zero-order valence-electron chi connectivity index (χ0n) is 9.09. The molecule has 2 N–H and O–H groups in total. The first-order valence-electron chi connectivity index (χ1n) is 5.16. The van der Waals surface area contributed by atoms with Crippen LogP contribution < -0.4 is 5.32 Å². The van der Waals surface area contributed by atoms with Gasteiger partial charge in [0.25, 0.3) is 0 Å². The van der Waals surface area contributed by atoms with Crippen LogP contribution in [0, 0.1) is 17.2 Å². The molecule has 0 spiro atoms. The molecule has 2 rings (SSSR count). The van der Waals surface area contributed by atoms with Gasteiger partial charge in [0.05, 0.1) is 17.6 Å².